The van der Waals surface area contributed by atoms with E-state index >= 15 is 0 Å². The van der Waals surface area contributed by atoms with Gasteiger partial charge in [0.05, 0.1) is 6.61 Å². The highest BCUT2D eigenvalue weighted by atomic mass is 31.2. The fourth-order valence-electron chi connectivity index (χ4n) is 1.65. The van der Waals surface area contributed by atoms with Crippen LogP contribution in [0.25, 0.3) is 6.08 Å². The molecule has 0 saturated carbocycles. The van der Waals surface area contributed by atoms with Crippen LogP contribution in [0.1, 0.15) is 51.0 Å². The summed E-state index contributed by atoms with van der Waals surface area (Å²) >= 11 is 0. The molecule has 0 radical (unpaired) electrons. The van der Waals surface area contributed by atoms with Crippen LogP contribution in [0.15, 0.2) is 36.9 Å². The molecule has 21 heavy (non-hydrogen) atoms. The third-order valence-electron chi connectivity index (χ3n) is 2.79. The summed E-state index contributed by atoms with van der Waals surface area (Å²) in [6.07, 6.45) is 8.32. The first-order chi connectivity index (χ1) is 9.99. The van der Waals surface area contributed by atoms with E-state index in [1.165, 1.54) is 24.8 Å². The molecule has 120 valence electrons. The van der Waals surface area contributed by atoms with E-state index in [0.717, 1.165) is 19.3 Å². The van der Waals surface area contributed by atoms with Crippen molar-refractivity contribution in [2.75, 3.05) is 6.61 Å². The van der Waals surface area contributed by atoms with Gasteiger partial charge in [0.15, 0.2) is 0 Å². The molecule has 4 nitrogen and oxygen atoms in total. The van der Waals surface area contributed by atoms with Crippen LogP contribution in [-0.4, -0.2) is 16.4 Å². The molecule has 2 N–H and O–H groups in total. The molecule has 0 atom stereocenters. The Morgan fingerprint density at radius 2 is 1.67 bits per heavy atom. The lowest BCUT2D eigenvalue weighted by Crippen LogP contribution is -1.92. The Kier molecular flexibility index (Phi) is 12.2. The van der Waals surface area contributed by atoms with Crippen molar-refractivity contribution in [1.29, 1.82) is 0 Å². The number of benzene rings is 1. The zero-order chi connectivity index (χ0) is 16.0. The van der Waals surface area contributed by atoms with Crippen LogP contribution in [0.4, 0.5) is 0 Å². The Hall–Kier alpha value is -0.930. The smallest absolute Gasteiger partial charge is 0.303 e. The third-order valence-corrected chi connectivity index (χ3v) is 3.31. The van der Waals surface area contributed by atoms with Crippen LogP contribution < -0.4 is 0 Å². The monoisotopic (exact) mass is 314 g/mol. The molecule has 0 unspecified atom stereocenters. The van der Waals surface area contributed by atoms with Gasteiger partial charge in [-0.2, -0.15) is 0 Å². The van der Waals surface area contributed by atoms with Crippen molar-refractivity contribution in [1.82, 2.24) is 0 Å². The summed E-state index contributed by atoms with van der Waals surface area (Å²) < 4.78 is 14.5. The van der Waals surface area contributed by atoms with E-state index in [9.17, 15) is 4.57 Å². The van der Waals surface area contributed by atoms with E-state index in [-0.39, 0.29) is 6.61 Å². The Morgan fingerprint density at radius 1 is 1.10 bits per heavy atom. The predicted molar refractivity (Wildman–Crippen MR) is 87.9 cm³/mol. The molecule has 1 aromatic rings. The highest BCUT2D eigenvalue weighted by Crippen LogP contribution is 2.35. The maximum absolute atomic E-state index is 10.2. The molecule has 5 heteroatoms. The van der Waals surface area contributed by atoms with Gasteiger partial charge >= 0.3 is 7.82 Å². The highest BCUT2D eigenvalue weighted by molar-refractivity contribution is 7.46. The molecule has 0 aromatic heterocycles. The molecule has 0 spiro atoms. The normalized spacial score (nSPS) is 10.6. The minimum atomic E-state index is -4.23. The molecule has 0 aliphatic rings. The molecule has 0 saturated heterocycles. The topological polar surface area (TPSA) is 66.8 Å². The van der Waals surface area contributed by atoms with Gasteiger partial charge in [0.25, 0.3) is 0 Å². The molecule has 0 fully saturated rings. The van der Waals surface area contributed by atoms with E-state index in [1.807, 2.05) is 36.4 Å². The lowest BCUT2D eigenvalue weighted by Gasteiger charge is -2.04. The number of rotatable bonds is 9. The minimum Gasteiger partial charge on any atom is -0.303 e. The van der Waals surface area contributed by atoms with Crippen molar-refractivity contribution in [2.24, 2.45) is 0 Å². The standard InChI is InChI=1S/C8H19O4P.C8H8/c1-2-3-4-5-6-7-8-12-13(9,10)11;1-2-8-6-4-3-5-7-8/h2-8H2,1H3,(H2,9,10,11);2-7H,1H2. The van der Waals surface area contributed by atoms with Gasteiger partial charge in [-0.05, 0) is 12.0 Å². The molecule has 0 amide bonds. The summed E-state index contributed by atoms with van der Waals surface area (Å²) in [5.74, 6) is 0. The van der Waals surface area contributed by atoms with Crippen molar-refractivity contribution in [3.8, 4) is 0 Å². The van der Waals surface area contributed by atoms with E-state index in [2.05, 4.69) is 18.0 Å². The van der Waals surface area contributed by atoms with Crippen LogP contribution in [0.2, 0.25) is 0 Å². The number of unbranched alkanes of at least 4 members (excludes halogenated alkanes) is 5. The molecule has 0 aliphatic heterocycles. The zero-order valence-electron chi connectivity index (χ0n) is 12.8. The van der Waals surface area contributed by atoms with Gasteiger partial charge in [-0.25, -0.2) is 4.57 Å². The van der Waals surface area contributed by atoms with E-state index in [0.29, 0.717) is 0 Å². The first-order valence-electron chi connectivity index (χ1n) is 7.37. The summed E-state index contributed by atoms with van der Waals surface area (Å²) in [4.78, 5) is 16.7. The summed E-state index contributed by atoms with van der Waals surface area (Å²) in [7, 11) is -4.23. The minimum absolute atomic E-state index is 0.163. The molecular formula is C16H27O4P. The molecule has 0 aliphatic carbocycles. The molecule has 0 heterocycles. The van der Waals surface area contributed by atoms with Crippen LogP contribution in [0.5, 0.6) is 0 Å². The molecule has 0 bridgehead atoms. The van der Waals surface area contributed by atoms with Crippen LogP contribution in [-0.2, 0) is 9.09 Å². The maximum Gasteiger partial charge on any atom is 0.469 e. The molecule has 1 rings (SSSR count). The first kappa shape index (κ1) is 20.1. The van der Waals surface area contributed by atoms with Gasteiger partial charge in [0.2, 0.25) is 0 Å². The van der Waals surface area contributed by atoms with Crippen molar-refractivity contribution in [3.63, 3.8) is 0 Å². The Balaban J connectivity index is 0.000000423. The van der Waals surface area contributed by atoms with E-state index in [1.54, 1.807) is 0 Å². The Labute approximate surface area is 128 Å². The zero-order valence-corrected chi connectivity index (χ0v) is 13.7. The maximum atomic E-state index is 10.2. The second-order valence-electron chi connectivity index (χ2n) is 4.71. The molecular weight excluding hydrogens is 287 g/mol. The van der Waals surface area contributed by atoms with Crippen LogP contribution in [0, 0.1) is 0 Å². The van der Waals surface area contributed by atoms with Gasteiger partial charge in [0.1, 0.15) is 0 Å². The summed E-state index contributed by atoms with van der Waals surface area (Å²) in [5, 5.41) is 0. The van der Waals surface area contributed by atoms with Gasteiger partial charge in [-0.3, -0.25) is 4.52 Å². The predicted octanol–water partition coefficient (Wildman–Crippen LogP) is 4.79. The largest absolute Gasteiger partial charge is 0.469 e. The van der Waals surface area contributed by atoms with Crippen molar-refractivity contribution >= 4 is 13.9 Å². The lowest BCUT2D eigenvalue weighted by molar-refractivity contribution is 0.193. The average molecular weight is 314 g/mol. The van der Waals surface area contributed by atoms with Gasteiger partial charge in [0, 0.05) is 0 Å². The number of phosphoric acid groups is 1. The van der Waals surface area contributed by atoms with Gasteiger partial charge in [-0.1, -0.05) is 82.0 Å². The summed E-state index contributed by atoms with van der Waals surface area (Å²) in [5.41, 5.74) is 1.17. The fourth-order valence-corrected chi connectivity index (χ4v) is 2.02. The van der Waals surface area contributed by atoms with Crippen LogP contribution >= 0.6 is 7.82 Å². The Morgan fingerprint density at radius 3 is 2.14 bits per heavy atom. The van der Waals surface area contributed by atoms with E-state index in [4.69, 9.17) is 9.79 Å². The summed E-state index contributed by atoms with van der Waals surface area (Å²) in [6, 6.07) is 10.0. The SMILES string of the molecule is C=Cc1ccccc1.CCCCCCCCOP(=O)(O)O. The quantitative estimate of drug-likeness (QED) is 0.508. The highest BCUT2D eigenvalue weighted by Gasteiger charge is 2.12. The number of hydrogen-bond donors (Lipinski definition) is 2. The van der Waals surface area contributed by atoms with E-state index < -0.39 is 7.82 Å². The third kappa shape index (κ3) is 15.3. The fraction of sp³-hybridized carbons (Fsp3) is 0.500. The number of hydrogen-bond acceptors (Lipinski definition) is 2. The second kappa shape index (κ2) is 12.8. The first-order valence-corrected chi connectivity index (χ1v) is 8.90. The van der Waals surface area contributed by atoms with Crippen LogP contribution in [0.3, 0.4) is 0 Å². The summed E-state index contributed by atoms with van der Waals surface area (Å²) in [6.45, 7) is 5.94. The lowest BCUT2D eigenvalue weighted by atomic mass is 10.1. The Bertz CT molecular complexity index is 400. The number of phosphoric ester groups is 1. The van der Waals surface area contributed by atoms with Crippen molar-refractivity contribution in [2.45, 2.75) is 45.4 Å². The second-order valence-corrected chi connectivity index (χ2v) is 5.95. The molecule has 1 aromatic carbocycles. The van der Waals surface area contributed by atoms with Crippen molar-refractivity contribution in [3.05, 3.63) is 42.5 Å². The average Bonchev–Trinajstić information content (AvgIpc) is 2.47. The van der Waals surface area contributed by atoms with Crippen molar-refractivity contribution < 1.29 is 18.9 Å². The van der Waals surface area contributed by atoms with Gasteiger partial charge < -0.3 is 9.79 Å². The van der Waals surface area contributed by atoms with Gasteiger partial charge in [-0.15, -0.1) is 0 Å².